The molecule has 2 aromatic rings. The van der Waals surface area contributed by atoms with Gasteiger partial charge in [0.05, 0.1) is 18.7 Å². The molecule has 94 valence electrons. The number of methoxy groups -OCH3 is 1. The summed E-state index contributed by atoms with van der Waals surface area (Å²) in [4.78, 5) is 15.9. The fourth-order valence-electron chi connectivity index (χ4n) is 1.70. The monoisotopic (exact) mass is 262 g/mol. The molecule has 2 rings (SSSR count). The van der Waals surface area contributed by atoms with E-state index in [0.29, 0.717) is 5.69 Å². The largest absolute Gasteiger partial charge is 0.496 e. The van der Waals surface area contributed by atoms with Crippen molar-refractivity contribution in [3.05, 3.63) is 46.4 Å². The van der Waals surface area contributed by atoms with Crippen LogP contribution in [0.3, 0.4) is 0 Å². The zero-order valence-corrected chi connectivity index (χ0v) is 11.0. The van der Waals surface area contributed by atoms with Gasteiger partial charge in [0.15, 0.2) is 0 Å². The molecule has 5 heteroatoms. The smallest absolute Gasteiger partial charge is 0.271 e. The number of ether oxygens (including phenoxy) is 1. The summed E-state index contributed by atoms with van der Waals surface area (Å²) in [6, 6.07) is 7.50. The Bertz CT molecular complexity index is 526. The standard InChI is InChI=1S/C13H14N2O2S/c1-9(10-5-3-4-6-12(10)17-2)15-13(16)11-7-18-8-14-11/h3-9H,1-2H3,(H,15,16). The molecular weight excluding hydrogens is 248 g/mol. The number of para-hydroxylation sites is 1. The molecule has 1 N–H and O–H groups in total. The molecule has 0 spiro atoms. The first-order valence-corrected chi connectivity index (χ1v) is 6.48. The number of hydrogen-bond donors (Lipinski definition) is 1. The topological polar surface area (TPSA) is 51.2 Å². The number of aromatic nitrogens is 1. The Hall–Kier alpha value is -1.88. The van der Waals surface area contributed by atoms with Crippen LogP contribution in [0, 0.1) is 0 Å². The normalized spacial score (nSPS) is 11.9. The molecule has 0 aliphatic heterocycles. The second-order valence-corrected chi connectivity index (χ2v) is 4.53. The van der Waals surface area contributed by atoms with Crippen molar-refractivity contribution in [3.63, 3.8) is 0 Å². The van der Waals surface area contributed by atoms with Crippen LogP contribution < -0.4 is 10.1 Å². The minimum Gasteiger partial charge on any atom is -0.496 e. The Kier molecular flexibility index (Phi) is 3.94. The summed E-state index contributed by atoms with van der Waals surface area (Å²) in [5.41, 5.74) is 3.04. The van der Waals surface area contributed by atoms with E-state index in [9.17, 15) is 4.79 Å². The molecule has 4 nitrogen and oxygen atoms in total. The molecule has 1 aromatic carbocycles. The van der Waals surface area contributed by atoms with E-state index < -0.39 is 0 Å². The summed E-state index contributed by atoms with van der Waals surface area (Å²) in [5, 5.41) is 4.62. The van der Waals surface area contributed by atoms with Gasteiger partial charge in [0.25, 0.3) is 5.91 Å². The van der Waals surface area contributed by atoms with Gasteiger partial charge in [-0.15, -0.1) is 11.3 Å². The highest BCUT2D eigenvalue weighted by Crippen LogP contribution is 2.24. The quantitative estimate of drug-likeness (QED) is 0.921. The lowest BCUT2D eigenvalue weighted by Crippen LogP contribution is -2.27. The molecule has 0 bridgehead atoms. The molecule has 1 atom stereocenters. The van der Waals surface area contributed by atoms with Crippen LogP contribution in [0.15, 0.2) is 35.2 Å². The molecule has 0 saturated heterocycles. The molecule has 0 radical (unpaired) electrons. The van der Waals surface area contributed by atoms with Gasteiger partial charge in [-0.25, -0.2) is 4.98 Å². The summed E-state index contributed by atoms with van der Waals surface area (Å²) in [5.74, 6) is 0.596. The molecule has 0 aliphatic carbocycles. The minimum absolute atomic E-state index is 0.129. The summed E-state index contributed by atoms with van der Waals surface area (Å²) in [6.07, 6.45) is 0. The summed E-state index contributed by atoms with van der Waals surface area (Å²) < 4.78 is 5.27. The Morgan fingerprint density at radius 1 is 1.44 bits per heavy atom. The van der Waals surface area contributed by atoms with Crippen molar-refractivity contribution in [2.75, 3.05) is 7.11 Å². The van der Waals surface area contributed by atoms with Crippen LogP contribution in [-0.4, -0.2) is 18.0 Å². The van der Waals surface area contributed by atoms with Crippen LogP contribution in [-0.2, 0) is 0 Å². The lowest BCUT2D eigenvalue weighted by molar-refractivity contribution is 0.0935. The van der Waals surface area contributed by atoms with Gasteiger partial charge in [0.1, 0.15) is 11.4 Å². The third-order valence-electron chi connectivity index (χ3n) is 2.62. The van der Waals surface area contributed by atoms with Gasteiger partial charge in [0, 0.05) is 10.9 Å². The predicted octanol–water partition coefficient (Wildman–Crippen LogP) is 2.64. The number of carbonyl (C=O) groups excluding carboxylic acids is 1. The van der Waals surface area contributed by atoms with E-state index in [1.165, 1.54) is 11.3 Å². The first kappa shape index (κ1) is 12.6. The van der Waals surface area contributed by atoms with Crippen molar-refractivity contribution in [3.8, 4) is 5.75 Å². The number of nitrogens with one attached hydrogen (secondary N) is 1. The van der Waals surface area contributed by atoms with E-state index in [1.807, 2.05) is 31.2 Å². The average Bonchev–Trinajstić information content (AvgIpc) is 2.92. The van der Waals surface area contributed by atoms with Gasteiger partial charge in [-0.2, -0.15) is 0 Å². The molecule has 1 amide bonds. The second-order valence-electron chi connectivity index (χ2n) is 3.81. The summed E-state index contributed by atoms with van der Waals surface area (Å²) in [6.45, 7) is 1.92. The maximum absolute atomic E-state index is 11.9. The molecule has 1 aromatic heterocycles. The van der Waals surface area contributed by atoms with E-state index >= 15 is 0 Å². The predicted molar refractivity (Wildman–Crippen MR) is 71.0 cm³/mol. The van der Waals surface area contributed by atoms with Gasteiger partial charge < -0.3 is 10.1 Å². The van der Waals surface area contributed by atoms with Crippen molar-refractivity contribution in [1.29, 1.82) is 0 Å². The summed E-state index contributed by atoms with van der Waals surface area (Å²) >= 11 is 1.40. The van der Waals surface area contributed by atoms with Crippen LogP contribution in [0.2, 0.25) is 0 Å². The Morgan fingerprint density at radius 2 is 2.22 bits per heavy atom. The number of amides is 1. The van der Waals surface area contributed by atoms with Gasteiger partial charge >= 0.3 is 0 Å². The van der Waals surface area contributed by atoms with Crippen molar-refractivity contribution in [2.24, 2.45) is 0 Å². The average molecular weight is 262 g/mol. The number of carbonyl (C=O) groups is 1. The molecule has 0 saturated carbocycles. The Labute approximate surface area is 110 Å². The lowest BCUT2D eigenvalue weighted by atomic mass is 10.1. The van der Waals surface area contributed by atoms with E-state index in [-0.39, 0.29) is 11.9 Å². The zero-order chi connectivity index (χ0) is 13.0. The maximum atomic E-state index is 11.9. The van der Waals surface area contributed by atoms with Crippen LogP contribution in [0.5, 0.6) is 5.75 Å². The number of benzene rings is 1. The second kappa shape index (κ2) is 5.64. The first-order chi connectivity index (χ1) is 8.72. The SMILES string of the molecule is COc1ccccc1C(C)NC(=O)c1cscn1. The molecule has 18 heavy (non-hydrogen) atoms. The van der Waals surface area contributed by atoms with Crippen LogP contribution in [0.4, 0.5) is 0 Å². The van der Waals surface area contributed by atoms with Crippen molar-refractivity contribution >= 4 is 17.2 Å². The van der Waals surface area contributed by atoms with Crippen molar-refractivity contribution < 1.29 is 9.53 Å². The molecule has 1 heterocycles. The number of rotatable bonds is 4. The van der Waals surface area contributed by atoms with Crippen LogP contribution >= 0.6 is 11.3 Å². The van der Waals surface area contributed by atoms with Crippen molar-refractivity contribution in [2.45, 2.75) is 13.0 Å². The third kappa shape index (κ3) is 2.68. The van der Waals surface area contributed by atoms with E-state index in [1.54, 1.807) is 18.0 Å². The van der Waals surface area contributed by atoms with E-state index in [0.717, 1.165) is 11.3 Å². The van der Waals surface area contributed by atoms with E-state index in [2.05, 4.69) is 10.3 Å². The lowest BCUT2D eigenvalue weighted by Gasteiger charge is -2.16. The van der Waals surface area contributed by atoms with Gasteiger partial charge in [-0.3, -0.25) is 4.79 Å². The number of thiazole rings is 1. The van der Waals surface area contributed by atoms with Gasteiger partial charge in [-0.05, 0) is 13.0 Å². The van der Waals surface area contributed by atoms with E-state index in [4.69, 9.17) is 4.74 Å². The van der Waals surface area contributed by atoms with Crippen molar-refractivity contribution in [1.82, 2.24) is 10.3 Å². The highest BCUT2D eigenvalue weighted by atomic mass is 32.1. The zero-order valence-electron chi connectivity index (χ0n) is 10.2. The Morgan fingerprint density at radius 3 is 2.89 bits per heavy atom. The fourth-order valence-corrected chi connectivity index (χ4v) is 2.23. The van der Waals surface area contributed by atoms with Crippen LogP contribution in [0.1, 0.15) is 29.0 Å². The van der Waals surface area contributed by atoms with Gasteiger partial charge in [0.2, 0.25) is 0 Å². The Balaban J connectivity index is 2.12. The first-order valence-electron chi connectivity index (χ1n) is 5.54. The molecule has 0 aliphatic rings. The molecule has 1 unspecified atom stereocenters. The molecule has 0 fully saturated rings. The highest BCUT2D eigenvalue weighted by molar-refractivity contribution is 7.07. The highest BCUT2D eigenvalue weighted by Gasteiger charge is 2.15. The fraction of sp³-hybridized carbons (Fsp3) is 0.231. The van der Waals surface area contributed by atoms with Gasteiger partial charge in [-0.1, -0.05) is 18.2 Å². The number of nitrogens with zero attached hydrogens (tertiary/aromatic N) is 1. The maximum Gasteiger partial charge on any atom is 0.271 e. The summed E-state index contributed by atoms with van der Waals surface area (Å²) in [7, 11) is 1.62. The number of hydrogen-bond acceptors (Lipinski definition) is 4. The third-order valence-corrected chi connectivity index (χ3v) is 3.20. The molecular formula is C13H14N2O2S. The van der Waals surface area contributed by atoms with Crippen LogP contribution in [0.25, 0.3) is 0 Å². The minimum atomic E-state index is -0.172.